The van der Waals surface area contributed by atoms with E-state index < -0.39 is 0 Å². The molecule has 0 radical (unpaired) electrons. The molecule has 4 heterocycles. The Morgan fingerprint density at radius 2 is 2.26 bits per heavy atom. The maximum Gasteiger partial charge on any atom is 0.262 e. The topological polar surface area (TPSA) is 60.9 Å². The van der Waals surface area contributed by atoms with Crippen LogP contribution in [0, 0.1) is 0 Å². The van der Waals surface area contributed by atoms with Crippen LogP contribution >= 0.6 is 22.7 Å². The average molecular weight is 343 g/mol. The van der Waals surface area contributed by atoms with Gasteiger partial charge in [0.25, 0.3) is 5.56 Å². The van der Waals surface area contributed by atoms with E-state index in [1.54, 1.807) is 33.6 Å². The molecule has 0 aromatic carbocycles. The first-order chi connectivity index (χ1) is 11.2. The highest BCUT2D eigenvalue weighted by Gasteiger charge is 2.12. The molecule has 0 saturated carbocycles. The van der Waals surface area contributed by atoms with Crippen LogP contribution in [0.3, 0.4) is 0 Å². The van der Waals surface area contributed by atoms with Crippen molar-refractivity contribution < 1.29 is 4.52 Å². The van der Waals surface area contributed by atoms with Crippen molar-refractivity contribution in [2.75, 3.05) is 0 Å². The molecule has 4 rings (SSSR count). The lowest BCUT2D eigenvalue weighted by Gasteiger charge is -2.01. The van der Waals surface area contributed by atoms with Gasteiger partial charge in [0.05, 0.1) is 23.1 Å². The molecule has 4 aromatic rings. The van der Waals surface area contributed by atoms with Gasteiger partial charge in [-0.15, -0.1) is 22.7 Å². The first-order valence-corrected chi connectivity index (χ1v) is 8.91. The molecule has 0 atom stereocenters. The van der Waals surface area contributed by atoms with Gasteiger partial charge in [-0.1, -0.05) is 18.1 Å². The molecule has 116 valence electrons. The van der Waals surface area contributed by atoms with E-state index in [9.17, 15) is 4.79 Å². The van der Waals surface area contributed by atoms with Gasteiger partial charge in [-0.3, -0.25) is 9.36 Å². The molecule has 0 fully saturated rings. The van der Waals surface area contributed by atoms with Crippen molar-refractivity contribution in [3.63, 3.8) is 0 Å². The van der Waals surface area contributed by atoms with Crippen molar-refractivity contribution in [2.45, 2.75) is 19.9 Å². The van der Waals surface area contributed by atoms with E-state index in [0.717, 1.165) is 21.9 Å². The van der Waals surface area contributed by atoms with E-state index in [2.05, 4.69) is 17.1 Å². The van der Waals surface area contributed by atoms with Crippen LogP contribution < -0.4 is 5.56 Å². The number of fused-ring (bicyclic) bond motifs is 1. The molecule has 0 aliphatic heterocycles. The molecule has 7 heteroatoms. The summed E-state index contributed by atoms with van der Waals surface area (Å²) in [6.45, 7) is 2.43. The predicted octanol–water partition coefficient (Wildman–Crippen LogP) is 3.79. The number of rotatable bonds is 4. The largest absolute Gasteiger partial charge is 0.355 e. The Kier molecular flexibility index (Phi) is 3.59. The quantitative estimate of drug-likeness (QED) is 0.566. The fourth-order valence-corrected chi connectivity index (χ4v) is 3.99. The fourth-order valence-electron chi connectivity index (χ4n) is 2.39. The second-order valence-corrected chi connectivity index (χ2v) is 7.19. The first-order valence-electron chi connectivity index (χ1n) is 7.22. The minimum absolute atomic E-state index is 0.0355. The van der Waals surface area contributed by atoms with Crippen LogP contribution in [0.1, 0.15) is 17.5 Å². The van der Waals surface area contributed by atoms with E-state index in [1.807, 2.05) is 29.6 Å². The minimum Gasteiger partial charge on any atom is -0.355 e. The monoisotopic (exact) mass is 343 g/mol. The summed E-state index contributed by atoms with van der Waals surface area (Å²) in [7, 11) is 0. The summed E-state index contributed by atoms with van der Waals surface area (Å²) in [5, 5.41) is 6.72. The zero-order valence-corrected chi connectivity index (χ0v) is 14.0. The van der Waals surface area contributed by atoms with Crippen LogP contribution in [0.25, 0.3) is 20.9 Å². The standard InChI is InChI=1S/C16H13N3O2S2/c1-2-11-7-12-15(23-11)17-9-19(16(12)20)8-10-6-13(21-18-10)14-4-3-5-22-14/h3-7,9H,2,8H2,1H3. The van der Waals surface area contributed by atoms with Gasteiger partial charge in [0.15, 0.2) is 5.76 Å². The Bertz CT molecular complexity index is 1010. The van der Waals surface area contributed by atoms with Crippen molar-refractivity contribution in [1.82, 2.24) is 14.7 Å². The number of aromatic nitrogens is 3. The second kappa shape index (κ2) is 5.75. The summed E-state index contributed by atoms with van der Waals surface area (Å²) >= 11 is 3.16. The zero-order chi connectivity index (χ0) is 15.8. The Morgan fingerprint density at radius 3 is 3.04 bits per heavy atom. The molecule has 0 aliphatic rings. The Morgan fingerprint density at radius 1 is 1.35 bits per heavy atom. The van der Waals surface area contributed by atoms with E-state index in [0.29, 0.717) is 17.6 Å². The third-order valence-electron chi connectivity index (χ3n) is 3.57. The molecular weight excluding hydrogens is 330 g/mol. The summed E-state index contributed by atoms with van der Waals surface area (Å²) in [6, 6.07) is 7.75. The Balaban J connectivity index is 1.67. The van der Waals surface area contributed by atoms with Crippen molar-refractivity contribution in [2.24, 2.45) is 0 Å². The van der Waals surface area contributed by atoms with Crippen molar-refractivity contribution in [3.05, 3.63) is 56.9 Å². The molecule has 0 amide bonds. The smallest absolute Gasteiger partial charge is 0.262 e. The van der Waals surface area contributed by atoms with Gasteiger partial charge in [-0.25, -0.2) is 4.98 Å². The molecule has 5 nitrogen and oxygen atoms in total. The van der Waals surface area contributed by atoms with E-state index in [1.165, 1.54) is 4.88 Å². The number of hydrogen-bond donors (Lipinski definition) is 0. The predicted molar refractivity (Wildman–Crippen MR) is 92.2 cm³/mol. The maximum atomic E-state index is 12.6. The number of thiophene rings is 2. The Hall–Kier alpha value is -2.25. The summed E-state index contributed by atoms with van der Waals surface area (Å²) in [5.74, 6) is 0.723. The van der Waals surface area contributed by atoms with Gasteiger partial charge >= 0.3 is 0 Å². The average Bonchev–Trinajstić information content (AvgIpc) is 3.29. The third kappa shape index (κ3) is 2.62. The lowest BCUT2D eigenvalue weighted by Crippen LogP contribution is -2.20. The number of hydrogen-bond acceptors (Lipinski definition) is 6. The lowest BCUT2D eigenvalue weighted by molar-refractivity contribution is 0.421. The van der Waals surface area contributed by atoms with Gasteiger partial charge in [-0.2, -0.15) is 0 Å². The highest BCUT2D eigenvalue weighted by molar-refractivity contribution is 7.18. The molecule has 4 aromatic heterocycles. The summed E-state index contributed by atoms with van der Waals surface area (Å²) < 4.78 is 6.93. The highest BCUT2D eigenvalue weighted by atomic mass is 32.1. The maximum absolute atomic E-state index is 12.6. The number of aryl methyl sites for hydroxylation is 1. The van der Waals surface area contributed by atoms with E-state index in [4.69, 9.17) is 4.52 Å². The fraction of sp³-hybridized carbons (Fsp3) is 0.188. The highest BCUT2D eigenvalue weighted by Crippen LogP contribution is 2.25. The summed E-state index contributed by atoms with van der Waals surface area (Å²) in [4.78, 5) is 19.9. The summed E-state index contributed by atoms with van der Waals surface area (Å²) in [5.41, 5.74) is 0.675. The van der Waals surface area contributed by atoms with Crippen LogP contribution in [0.4, 0.5) is 0 Å². The Labute approximate surface area is 139 Å². The minimum atomic E-state index is -0.0355. The van der Waals surface area contributed by atoms with Crippen LogP contribution in [0.15, 0.2) is 45.3 Å². The van der Waals surface area contributed by atoms with E-state index >= 15 is 0 Å². The first kappa shape index (κ1) is 14.3. The van der Waals surface area contributed by atoms with Crippen LogP contribution in [0.5, 0.6) is 0 Å². The van der Waals surface area contributed by atoms with Crippen LogP contribution in [-0.4, -0.2) is 14.7 Å². The molecule has 0 saturated heterocycles. The van der Waals surface area contributed by atoms with Crippen molar-refractivity contribution >= 4 is 32.9 Å². The number of nitrogens with zero attached hydrogens (tertiary/aromatic N) is 3. The van der Waals surface area contributed by atoms with Gasteiger partial charge in [0.1, 0.15) is 10.5 Å². The normalized spacial score (nSPS) is 11.3. The molecule has 23 heavy (non-hydrogen) atoms. The van der Waals surface area contributed by atoms with Crippen molar-refractivity contribution in [3.8, 4) is 10.6 Å². The van der Waals surface area contributed by atoms with Gasteiger partial charge in [0, 0.05) is 10.9 Å². The zero-order valence-electron chi connectivity index (χ0n) is 12.4. The molecular formula is C16H13N3O2S2. The van der Waals surface area contributed by atoms with Gasteiger partial charge in [-0.05, 0) is 23.9 Å². The third-order valence-corrected chi connectivity index (χ3v) is 5.64. The molecule has 0 N–H and O–H groups in total. The molecule has 0 spiro atoms. The van der Waals surface area contributed by atoms with Gasteiger partial charge in [0.2, 0.25) is 0 Å². The molecule has 0 unspecified atom stereocenters. The lowest BCUT2D eigenvalue weighted by atomic mass is 10.3. The second-order valence-electron chi connectivity index (χ2n) is 5.12. The van der Waals surface area contributed by atoms with Crippen LogP contribution in [-0.2, 0) is 13.0 Å². The van der Waals surface area contributed by atoms with Crippen LogP contribution in [0.2, 0.25) is 0 Å². The van der Waals surface area contributed by atoms with Gasteiger partial charge < -0.3 is 4.52 Å². The van der Waals surface area contributed by atoms with E-state index in [-0.39, 0.29) is 5.56 Å². The van der Waals surface area contributed by atoms with Crippen molar-refractivity contribution in [1.29, 1.82) is 0 Å². The molecule has 0 aliphatic carbocycles. The summed E-state index contributed by atoms with van der Waals surface area (Å²) in [6.07, 6.45) is 2.49. The SMILES string of the molecule is CCc1cc2c(=O)n(Cc3cc(-c4cccs4)on3)cnc2s1. The molecule has 0 bridgehead atoms.